The second kappa shape index (κ2) is 3.82. The van der Waals surface area contributed by atoms with E-state index in [1.807, 2.05) is 0 Å². The van der Waals surface area contributed by atoms with Gasteiger partial charge in [-0.3, -0.25) is 9.59 Å². The van der Waals surface area contributed by atoms with Crippen LogP contribution in [0.25, 0.3) is 0 Å². The molecule has 1 rings (SSSR count). The van der Waals surface area contributed by atoms with Crippen molar-refractivity contribution in [2.45, 2.75) is 33.6 Å². The van der Waals surface area contributed by atoms with Crippen LogP contribution in [0.3, 0.4) is 0 Å². The summed E-state index contributed by atoms with van der Waals surface area (Å²) in [7, 11) is 0. The van der Waals surface area contributed by atoms with Gasteiger partial charge in [0.25, 0.3) is 5.95 Å². The Bertz CT molecular complexity index is 264. The Morgan fingerprint density at radius 3 is 1.86 bits per heavy atom. The van der Waals surface area contributed by atoms with Gasteiger partial charge in [0.05, 0.1) is 0 Å². The molecule has 1 heterocycles. The van der Waals surface area contributed by atoms with Gasteiger partial charge < -0.3 is 9.47 Å². The van der Waals surface area contributed by atoms with Crippen molar-refractivity contribution in [3.63, 3.8) is 0 Å². The molecule has 0 unspecified atom stereocenters. The van der Waals surface area contributed by atoms with Crippen molar-refractivity contribution < 1.29 is 19.1 Å². The Morgan fingerprint density at radius 1 is 1.14 bits per heavy atom. The second-order valence-corrected chi connectivity index (χ2v) is 3.18. The van der Waals surface area contributed by atoms with E-state index < -0.39 is 17.4 Å². The SMILES string of the molecule is CC=C1OC(=O)C(CC)(CC)C(=O)O1. The molecule has 0 aromatic carbocycles. The molecular weight excluding hydrogens is 184 g/mol. The largest absolute Gasteiger partial charge is 0.392 e. The van der Waals surface area contributed by atoms with E-state index in [-0.39, 0.29) is 5.95 Å². The maximum absolute atomic E-state index is 11.6. The summed E-state index contributed by atoms with van der Waals surface area (Å²) in [6.07, 6.45) is 2.25. The van der Waals surface area contributed by atoms with Crippen molar-refractivity contribution in [1.29, 1.82) is 0 Å². The van der Waals surface area contributed by atoms with Crippen LogP contribution in [0.2, 0.25) is 0 Å². The third-order valence-electron chi connectivity index (χ3n) is 2.61. The van der Waals surface area contributed by atoms with Crippen LogP contribution in [0.15, 0.2) is 12.0 Å². The lowest BCUT2D eigenvalue weighted by atomic mass is 9.82. The highest BCUT2D eigenvalue weighted by molar-refractivity contribution is 6.02. The number of cyclic esters (lactones) is 2. The number of esters is 2. The summed E-state index contributed by atoms with van der Waals surface area (Å²) < 4.78 is 9.77. The fourth-order valence-electron chi connectivity index (χ4n) is 1.43. The van der Waals surface area contributed by atoms with Crippen molar-refractivity contribution in [2.24, 2.45) is 5.41 Å². The fourth-order valence-corrected chi connectivity index (χ4v) is 1.43. The van der Waals surface area contributed by atoms with E-state index in [2.05, 4.69) is 0 Å². The minimum Gasteiger partial charge on any atom is -0.392 e. The Hall–Kier alpha value is -1.32. The molecule has 0 saturated carbocycles. The maximum atomic E-state index is 11.6. The van der Waals surface area contributed by atoms with E-state index in [4.69, 9.17) is 9.47 Å². The molecule has 1 fully saturated rings. The van der Waals surface area contributed by atoms with Crippen LogP contribution in [0.5, 0.6) is 0 Å². The van der Waals surface area contributed by atoms with E-state index in [1.54, 1.807) is 20.8 Å². The molecule has 1 aliphatic heterocycles. The van der Waals surface area contributed by atoms with Crippen LogP contribution in [0.4, 0.5) is 0 Å². The molecule has 0 radical (unpaired) electrons. The highest BCUT2D eigenvalue weighted by atomic mass is 16.7. The summed E-state index contributed by atoms with van der Waals surface area (Å²) in [5.41, 5.74) is -1.10. The Morgan fingerprint density at radius 2 is 1.57 bits per heavy atom. The molecule has 0 spiro atoms. The van der Waals surface area contributed by atoms with Crippen LogP contribution in [-0.2, 0) is 19.1 Å². The molecule has 1 aliphatic rings. The quantitative estimate of drug-likeness (QED) is 0.501. The first kappa shape index (κ1) is 10.8. The first-order valence-electron chi connectivity index (χ1n) is 4.71. The average Bonchev–Trinajstić information content (AvgIpc) is 2.18. The Labute approximate surface area is 82.9 Å². The Balaban J connectivity index is 3.01. The van der Waals surface area contributed by atoms with Gasteiger partial charge in [-0.25, -0.2) is 0 Å². The van der Waals surface area contributed by atoms with Crippen molar-refractivity contribution >= 4 is 11.9 Å². The number of carbonyl (C=O) groups is 2. The van der Waals surface area contributed by atoms with Gasteiger partial charge in [-0.2, -0.15) is 0 Å². The van der Waals surface area contributed by atoms with Gasteiger partial charge in [-0.05, 0) is 25.8 Å². The summed E-state index contributed by atoms with van der Waals surface area (Å²) in [6.45, 7) is 5.18. The van der Waals surface area contributed by atoms with Crippen molar-refractivity contribution in [1.82, 2.24) is 0 Å². The third-order valence-corrected chi connectivity index (χ3v) is 2.61. The fraction of sp³-hybridized carbons (Fsp3) is 0.600. The van der Waals surface area contributed by atoms with Crippen LogP contribution in [-0.4, -0.2) is 11.9 Å². The summed E-state index contributed by atoms with van der Waals surface area (Å²) in [5, 5.41) is 0. The van der Waals surface area contributed by atoms with Crippen molar-refractivity contribution in [3.05, 3.63) is 12.0 Å². The zero-order valence-electron chi connectivity index (χ0n) is 8.62. The van der Waals surface area contributed by atoms with Crippen molar-refractivity contribution in [2.75, 3.05) is 0 Å². The van der Waals surface area contributed by atoms with E-state index in [1.165, 1.54) is 6.08 Å². The molecule has 1 saturated heterocycles. The van der Waals surface area contributed by atoms with Gasteiger partial charge in [0.2, 0.25) is 0 Å². The summed E-state index contributed by atoms with van der Waals surface area (Å²) in [4.78, 5) is 23.2. The molecule has 0 amide bonds. The second-order valence-electron chi connectivity index (χ2n) is 3.18. The summed E-state index contributed by atoms with van der Waals surface area (Å²) in [5.74, 6) is -1.03. The third kappa shape index (κ3) is 1.41. The van der Waals surface area contributed by atoms with Gasteiger partial charge in [0.15, 0.2) is 5.41 Å². The minimum absolute atomic E-state index is 0.0162. The van der Waals surface area contributed by atoms with Gasteiger partial charge >= 0.3 is 11.9 Å². The zero-order valence-corrected chi connectivity index (χ0v) is 8.62. The van der Waals surface area contributed by atoms with Gasteiger partial charge in [-0.1, -0.05) is 13.8 Å². The average molecular weight is 198 g/mol. The van der Waals surface area contributed by atoms with E-state index in [0.717, 1.165) is 0 Å². The number of carbonyl (C=O) groups excluding carboxylic acids is 2. The molecule has 4 nitrogen and oxygen atoms in total. The van der Waals surface area contributed by atoms with Gasteiger partial charge in [0.1, 0.15) is 0 Å². The van der Waals surface area contributed by atoms with Crippen LogP contribution >= 0.6 is 0 Å². The standard InChI is InChI=1S/C10H14O4/c1-4-7-13-8(11)10(5-2,6-3)9(12)14-7/h4H,5-6H2,1-3H3. The summed E-state index contributed by atoms with van der Waals surface area (Å²) >= 11 is 0. The van der Waals surface area contributed by atoms with Gasteiger partial charge in [-0.15, -0.1) is 0 Å². The predicted octanol–water partition coefficient (Wildman–Crippen LogP) is 1.75. The summed E-state index contributed by atoms with van der Waals surface area (Å²) in [6, 6.07) is 0. The molecule has 78 valence electrons. The molecular formula is C10H14O4. The van der Waals surface area contributed by atoms with Crippen LogP contribution < -0.4 is 0 Å². The van der Waals surface area contributed by atoms with Crippen molar-refractivity contribution in [3.8, 4) is 0 Å². The molecule has 0 N–H and O–H groups in total. The molecule has 0 bridgehead atoms. The number of rotatable bonds is 2. The Kier molecular flexibility index (Phi) is 2.93. The molecule has 0 aliphatic carbocycles. The first-order valence-corrected chi connectivity index (χ1v) is 4.71. The van der Waals surface area contributed by atoms with Gasteiger partial charge in [0, 0.05) is 0 Å². The zero-order chi connectivity index (χ0) is 10.8. The lowest BCUT2D eigenvalue weighted by Crippen LogP contribution is -2.45. The lowest BCUT2D eigenvalue weighted by Gasteiger charge is -2.31. The highest BCUT2D eigenvalue weighted by Crippen LogP contribution is 2.35. The monoisotopic (exact) mass is 198 g/mol. The minimum atomic E-state index is -1.10. The molecule has 4 heteroatoms. The van der Waals surface area contributed by atoms with E-state index in [0.29, 0.717) is 12.8 Å². The van der Waals surface area contributed by atoms with E-state index in [9.17, 15) is 9.59 Å². The highest BCUT2D eigenvalue weighted by Gasteiger charge is 2.50. The predicted molar refractivity (Wildman–Crippen MR) is 49.0 cm³/mol. The normalized spacial score (nSPS) is 20.1. The number of allylic oxidation sites excluding steroid dienone is 1. The molecule has 14 heavy (non-hydrogen) atoms. The topological polar surface area (TPSA) is 52.6 Å². The molecule has 0 aromatic heterocycles. The smallest absolute Gasteiger partial charge is 0.331 e. The number of hydrogen-bond acceptors (Lipinski definition) is 4. The number of ether oxygens (including phenoxy) is 2. The lowest BCUT2D eigenvalue weighted by molar-refractivity contribution is -0.187. The molecule has 0 atom stereocenters. The molecule has 0 aromatic rings. The van der Waals surface area contributed by atoms with Crippen LogP contribution in [0.1, 0.15) is 33.6 Å². The maximum Gasteiger partial charge on any atom is 0.331 e. The van der Waals surface area contributed by atoms with Crippen LogP contribution in [0, 0.1) is 5.41 Å². The first-order chi connectivity index (χ1) is 6.60. The number of hydrogen-bond donors (Lipinski definition) is 0. The van der Waals surface area contributed by atoms with E-state index >= 15 is 0 Å².